The number of rotatable bonds is 5. The molecule has 0 spiro atoms. The zero-order chi connectivity index (χ0) is 23.9. The van der Waals surface area contributed by atoms with E-state index in [1.54, 1.807) is 24.3 Å². The number of carbonyl (C=O) groups is 2. The van der Waals surface area contributed by atoms with Crippen molar-refractivity contribution < 1.29 is 14.7 Å². The summed E-state index contributed by atoms with van der Waals surface area (Å²) in [5.74, 6) is -2.12. The van der Waals surface area contributed by atoms with Gasteiger partial charge in [0.05, 0.1) is 11.1 Å². The molecule has 0 aliphatic carbocycles. The highest BCUT2D eigenvalue weighted by atomic mass is 16.3. The van der Waals surface area contributed by atoms with Crippen LogP contribution in [-0.2, 0) is 11.8 Å². The summed E-state index contributed by atoms with van der Waals surface area (Å²) in [5.41, 5.74) is 14.6. The number of nitrogens with two attached hydrogens (primary N) is 2. The van der Waals surface area contributed by atoms with Crippen molar-refractivity contribution in [3.63, 3.8) is 0 Å². The van der Waals surface area contributed by atoms with Crippen molar-refractivity contribution in [1.82, 2.24) is 15.0 Å². The van der Waals surface area contributed by atoms with Gasteiger partial charge in [0.15, 0.2) is 5.75 Å². The molecule has 0 fully saturated rings. The summed E-state index contributed by atoms with van der Waals surface area (Å²) in [6.07, 6.45) is 0.288. The van der Waals surface area contributed by atoms with Gasteiger partial charge in [-0.25, -0.2) is 0 Å². The number of benzene rings is 3. The van der Waals surface area contributed by atoms with Crippen LogP contribution in [0.2, 0.25) is 0 Å². The predicted molar refractivity (Wildman–Crippen MR) is 126 cm³/mol. The van der Waals surface area contributed by atoms with Gasteiger partial charge in [0.2, 0.25) is 0 Å². The van der Waals surface area contributed by atoms with Crippen molar-refractivity contribution >= 4 is 22.8 Å². The fourth-order valence-corrected chi connectivity index (χ4v) is 3.84. The Morgan fingerprint density at radius 3 is 2.12 bits per heavy atom. The number of fused-ring (bicyclic) bond motifs is 1. The van der Waals surface area contributed by atoms with E-state index in [-0.39, 0.29) is 28.7 Å². The number of aromatic hydroxyl groups is 1. The SMILES string of the molecule is CC(C)(C)c1cccc(Cc2cc(C(N)=O)c(O)c(-n3nc4ccccc4n3)c2C(N)=O)c1. The first-order valence-corrected chi connectivity index (χ1v) is 10.5. The van der Waals surface area contributed by atoms with Gasteiger partial charge in [0, 0.05) is 0 Å². The molecule has 0 unspecified atom stereocenters. The second-order valence-electron chi connectivity index (χ2n) is 8.99. The van der Waals surface area contributed by atoms with E-state index in [0.29, 0.717) is 16.6 Å². The molecule has 4 aromatic rings. The Hall–Kier alpha value is -4.20. The van der Waals surface area contributed by atoms with Crippen LogP contribution in [-0.4, -0.2) is 31.9 Å². The standard InChI is InChI=1S/C25H25N5O3/c1-25(2,3)16-8-6-7-14(12-16)11-15-13-17(23(26)32)22(31)21(20(15)24(27)33)30-28-18-9-4-5-10-19(18)29-30/h4-10,12-13,31H,11H2,1-3H3,(H2,26,32)(H2,27,33). The number of aromatic nitrogens is 3. The molecule has 5 N–H and O–H groups in total. The van der Waals surface area contributed by atoms with Crippen molar-refractivity contribution in [3.05, 3.63) is 82.4 Å². The summed E-state index contributed by atoms with van der Waals surface area (Å²) >= 11 is 0. The average molecular weight is 444 g/mol. The Bertz CT molecular complexity index is 1370. The summed E-state index contributed by atoms with van der Waals surface area (Å²) < 4.78 is 0. The number of amides is 2. The van der Waals surface area contributed by atoms with Crippen LogP contribution in [0.15, 0.2) is 54.6 Å². The highest BCUT2D eigenvalue weighted by Crippen LogP contribution is 2.34. The van der Waals surface area contributed by atoms with E-state index in [4.69, 9.17) is 11.5 Å². The molecule has 2 amide bonds. The van der Waals surface area contributed by atoms with E-state index in [2.05, 4.69) is 31.0 Å². The minimum atomic E-state index is -0.842. The first-order valence-electron chi connectivity index (χ1n) is 10.5. The number of hydrogen-bond donors (Lipinski definition) is 3. The molecule has 3 aromatic carbocycles. The summed E-state index contributed by atoms with van der Waals surface area (Å²) in [4.78, 5) is 25.9. The van der Waals surface area contributed by atoms with Gasteiger partial charge in [-0.2, -0.15) is 0 Å². The van der Waals surface area contributed by atoms with Crippen molar-refractivity contribution in [2.45, 2.75) is 32.6 Å². The van der Waals surface area contributed by atoms with E-state index < -0.39 is 17.6 Å². The summed E-state index contributed by atoms with van der Waals surface area (Å²) in [6.45, 7) is 6.33. The van der Waals surface area contributed by atoms with Gasteiger partial charge in [-0.15, -0.1) is 15.0 Å². The normalized spacial score (nSPS) is 11.6. The minimum Gasteiger partial charge on any atom is -0.505 e. The van der Waals surface area contributed by atoms with Crippen LogP contribution >= 0.6 is 0 Å². The lowest BCUT2D eigenvalue weighted by molar-refractivity contribution is 0.0984. The monoisotopic (exact) mass is 443 g/mol. The fraction of sp³-hybridized carbons (Fsp3) is 0.200. The molecule has 168 valence electrons. The Kier molecular flexibility index (Phi) is 5.37. The molecule has 8 heteroatoms. The molecule has 33 heavy (non-hydrogen) atoms. The third kappa shape index (κ3) is 4.15. The van der Waals surface area contributed by atoms with E-state index >= 15 is 0 Å². The first kappa shape index (κ1) is 22.0. The predicted octanol–water partition coefficient (Wildman–Crippen LogP) is 3.21. The Balaban J connectivity index is 1.96. The van der Waals surface area contributed by atoms with Crippen LogP contribution in [0.25, 0.3) is 16.7 Å². The van der Waals surface area contributed by atoms with Crippen LogP contribution in [0.3, 0.4) is 0 Å². The third-order valence-corrected chi connectivity index (χ3v) is 5.54. The minimum absolute atomic E-state index is 0.0268. The number of phenols is 1. The highest BCUT2D eigenvalue weighted by Gasteiger charge is 2.27. The summed E-state index contributed by atoms with van der Waals surface area (Å²) in [5, 5.41) is 19.6. The van der Waals surface area contributed by atoms with Gasteiger partial charge in [0.1, 0.15) is 16.7 Å². The van der Waals surface area contributed by atoms with Gasteiger partial charge >= 0.3 is 0 Å². The lowest BCUT2D eigenvalue weighted by atomic mass is 9.85. The molecular weight excluding hydrogens is 418 g/mol. The second-order valence-corrected chi connectivity index (χ2v) is 8.99. The average Bonchev–Trinajstić information content (AvgIpc) is 3.17. The molecule has 0 saturated heterocycles. The van der Waals surface area contributed by atoms with Crippen molar-refractivity contribution in [3.8, 4) is 11.4 Å². The molecule has 0 aliphatic rings. The van der Waals surface area contributed by atoms with Crippen LogP contribution < -0.4 is 11.5 Å². The molecule has 0 bridgehead atoms. The number of nitrogens with zero attached hydrogens (tertiary/aromatic N) is 3. The maximum Gasteiger partial charge on any atom is 0.252 e. The number of carbonyl (C=O) groups excluding carboxylic acids is 2. The van der Waals surface area contributed by atoms with E-state index in [9.17, 15) is 14.7 Å². The van der Waals surface area contributed by atoms with Crippen molar-refractivity contribution in [1.29, 1.82) is 0 Å². The zero-order valence-electron chi connectivity index (χ0n) is 18.7. The first-order chi connectivity index (χ1) is 15.6. The van der Waals surface area contributed by atoms with Crippen LogP contribution in [0.5, 0.6) is 5.75 Å². The molecule has 0 radical (unpaired) electrons. The molecule has 8 nitrogen and oxygen atoms in total. The van der Waals surface area contributed by atoms with Crippen molar-refractivity contribution in [2.75, 3.05) is 0 Å². The Labute approximate surface area is 190 Å². The molecule has 1 aromatic heterocycles. The van der Waals surface area contributed by atoms with E-state index in [1.165, 1.54) is 6.07 Å². The van der Waals surface area contributed by atoms with Gasteiger partial charge in [-0.05, 0) is 46.7 Å². The fourth-order valence-electron chi connectivity index (χ4n) is 3.84. The van der Waals surface area contributed by atoms with E-state index in [1.807, 2.05) is 24.3 Å². The van der Waals surface area contributed by atoms with Crippen molar-refractivity contribution in [2.24, 2.45) is 11.5 Å². The highest BCUT2D eigenvalue weighted by molar-refractivity contribution is 6.04. The van der Waals surface area contributed by atoms with Crippen LogP contribution in [0.1, 0.15) is 58.2 Å². The van der Waals surface area contributed by atoms with Crippen LogP contribution in [0.4, 0.5) is 0 Å². The maximum atomic E-state index is 12.6. The molecule has 0 aliphatic heterocycles. The summed E-state index contributed by atoms with van der Waals surface area (Å²) in [6, 6.07) is 16.4. The summed E-state index contributed by atoms with van der Waals surface area (Å²) in [7, 11) is 0. The third-order valence-electron chi connectivity index (χ3n) is 5.54. The topological polar surface area (TPSA) is 137 Å². The maximum absolute atomic E-state index is 12.6. The second kappa shape index (κ2) is 8.05. The quantitative estimate of drug-likeness (QED) is 0.435. The van der Waals surface area contributed by atoms with Gasteiger partial charge in [0.25, 0.3) is 11.8 Å². The lowest BCUT2D eigenvalue weighted by Crippen LogP contribution is -2.22. The largest absolute Gasteiger partial charge is 0.505 e. The number of hydrogen-bond acceptors (Lipinski definition) is 5. The Morgan fingerprint density at radius 2 is 1.58 bits per heavy atom. The smallest absolute Gasteiger partial charge is 0.252 e. The van der Waals surface area contributed by atoms with Crippen LogP contribution in [0, 0.1) is 0 Å². The van der Waals surface area contributed by atoms with Gasteiger partial charge < -0.3 is 16.6 Å². The number of primary amides is 2. The zero-order valence-corrected chi connectivity index (χ0v) is 18.7. The molecule has 4 rings (SSSR count). The molecule has 0 saturated carbocycles. The van der Waals surface area contributed by atoms with E-state index in [0.717, 1.165) is 15.9 Å². The molecule has 1 heterocycles. The lowest BCUT2D eigenvalue weighted by Gasteiger charge is -2.20. The Morgan fingerprint density at radius 1 is 0.939 bits per heavy atom. The van der Waals surface area contributed by atoms with Gasteiger partial charge in [-0.1, -0.05) is 57.2 Å². The molecular formula is C25H25N5O3. The molecule has 0 atom stereocenters. The van der Waals surface area contributed by atoms with Gasteiger partial charge in [-0.3, -0.25) is 9.59 Å².